The molecule has 2 aliphatic rings. The molecular formula is C22H39IN6OS. The molecule has 0 bridgehead atoms. The molecule has 0 radical (unpaired) electrons. The van der Waals surface area contributed by atoms with Crippen molar-refractivity contribution in [1.82, 2.24) is 25.0 Å². The average molecular weight is 563 g/mol. The number of amides is 1. The number of likely N-dealkylation sites (tertiary alicyclic amines) is 1. The predicted octanol–water partition coefficient (Wildman–Crippen LogP) is 2.97. The Morgan fingerprint density at radius 2 is 1.77 bits per heavy atom. The van der Waals surface area contributed by atoms with Crippen LogP contribution < -0.4 is 5.32 Å². The number of rotatable bonds is 5. The summed E-state index contributed by atoms with van der Waals surface area (Å²) in [7, 11) is 0. The summed E-state index contributed by atoms with van der Waals surface area (Å²) in [6.45, 7) is 18.2. The number of hydrogen-bond donors (Lipinski definition) is 1. The summed E-state index contributed by atoms with van der Waals surface area (Å²) in [5, 5.41) is 4.48. The summed E-state index contributed by atoms with van der Waals surface area (Å²) >= 11 is 1.73. The Kier molecular flexibility index (Phi) is 10.5. The van der Waals surface area contributed by atoms with Crippen molar-refractivity contribution in [2.24, 2.45) is 16.8 Å². The van der Waals surface area contributed by atoms with E-state index < -0.39 is 0 Å². The molecule has 31 heavy (non-hydrogen) atoms. The molecule has 2 aliphatic heterocycles. The predicted molar refractivity (Wildman–Crippen MR) is 139 cm³/mol. The van der Waals surface area contributed by atoms with Crippen molar-refractivity contribution >= 4 is 47.2 Å². The van der Waals surface area contributed by atoms with Gasteiger partial charge in [-0.25, -0.2) is 9.98 Å². The van der Waals surface area contributed by atoms with Crippen molar-refractivity contribution in [3.63, 3.8) is 0 Å². The smallest absolute Gasteiger partial charge is 0.236 e. The number of carbonyl (C=O) groups excluding carboxylic acids is 1. The maximum atomic E-state index is 12.8. The quantitative estimate of drug-likeness (QED) is 0.340. The van der Waals surface area contributed by atoms with Crippen LogP contribution in [-0.4, -0.2) is 83.9 Å². The number of carbonyl (C=O) groups is 1. The molecule has 1 aromatic rings. The van der Waals surface area contributed by atoms with Crippen molar-refractivity contribution in [2.45, 2.75) is 47.6 Å². The monoisotopic (exact) mass is 562 g/mol. The summed E-state index contributed by atoms with van der Waals surface area (Å²) in [6, 6.07) is 0. The third-order valence-corrected chi connectivity index (χ3v) is 7.08. The lowest BCUT2D eigenvalue weighted by atomic mass is 9.92. The van der Waals surface area contributed by atoms with Crippen LogP contribution in [0.25, 0.3) is 0 Å². The highest BCUT2D eigenvalue weighted by Gasteiger charge is 2.28. The number of nitrogens with one attached hydrogen (secondary N) is 1. The number of thiazole rings is 1. The van der Waals surface area contributed by atoms with Crippen LogP contribution >= 0.6 is 35.3 Å². The van der Waals surface area contributed by atoms with Gasteiger partial charge in [0.15, 0.2) is 5.96 Å². The standard InChI is InChI=1S/C22H38N6OS.HI/c1-6-23-22(24-12-20-25-18(4)19(5)30-20)27-9-7-26(8-10-27)15-21(29)28-13-16(2)11-17(3)14-28;/h16-17H,6-15H2,1-5H3,(H,23,24);1H. The molecule has 1 aromatic heterocycles. The van der Waals surface area contributed by atoms with Crippen LogP contribution in [0.2, 0.25) is 0 Å². The van der Waals surface area contributed by atoms with E-state index in [4.69, 9.17) is 4.99 Å². The summed E-state index contributed by atoms with van der Waals surface area (Å²) in [5.74, 6) is 2.46. The summed E-state index contributed by atoms with van der Waals surface area (Å²) in [6.07, 6.45) is 1.23. The number of halogens is 1. The fourth-order valence-corrected chi connectivity index (χ4v) is 5.31. The number of aromatic nitrogens is 1. The van der Waals surface area contributed by atoms with E-state index in [9.17, 15) is 4.79 Å². The van der Waals surface area contributed by atoms with Gasteiger partial charge < -0.3 is 15.1 Å². The zero-order chi connectivity index (χ0) is 21.7. The van der Waals surface area contributed by atoms with Crippen LogP contribution in [0.1, 0.15) is 42.8 Å². The van der Waals surface area contributed by atoms with Gasteiger partial charge in [0.2, 0.25) is 5.91 Å². The first kappa shape index (κ1) is 26.3. The summed E-state index contributed by atoms with van der Waals surface area (Å²) in [4.78, 5) is 30.2. The highest BCUT2D eigenvalue weighted by Crippen LogP contribution is 2.21. The lowest BCUT2D eigenvalue weighted by molar-refractivity contribution is -0.135. The molecule has 1 N–H and O–H groups in total. The summed E-state index contributed by atoms with van der Waals surface area (Å²) < 4.78 is 0. The Labute approximate surface area is 208 Å². The Morgan fingerprint density at radius 3 is 2.32 bits per heavy atom. The SMILES string of the molecule is CCNC(=NCc1nc(C)c(C)s1)N1CCN(CC(=O)N2CC(C)CC(C)C2)CC1.I. The molecule has 7 nitrogen and oxygen atoms in total. The molecule has 0 saturated carbocycles. The Balaban J connectivity index is 0.00000341. The maximum Gasteiger partial charge on any atom is 0.236 e. The van der Waals surface area contributed by atoms with Gasteiger partial charge in [-0.15, -0.1) is 35.3 Å². The highest BCUT2D eigenvalue weighted by atomic mass is 127. The van der Waals surface area contributed by atoms with E-state index in [0.29, 0.717) is 24.9 Å². The molecule has 2 atom stereocenters. The van der Waals surface area contributed by atoms with Crippen molar-refractivity contribution < 1.29 is 4.79 Å². The lowest BCUT2D eigenvalue weighted by Gasteiger charge is -2.39. The lowest BCUT2D eigenvalue weighted by Crippen LogP contribution is -2.55. The van der Waals surface area contributed by atoms with Crippen LogP contribution in [0.4, 0.5) is 0 Å². The second-order valence-electron chi connectivity index (χ2n) is 8.93. The van der Waals surface area contributed by atoms with E-state index in [1.807, 2.05) is 0 Å². The van der Waals surface area contributed by atoms with Gasteiger partial charge in [0.25, 0.3) is 0 Å². The number of aliphatic imine (C=N–C) groups is 1. The zero-order valence-electron chi connectivity index (χ0n) is 19.7. The molecule has 0 aliphatic carbocycles. The Morgan fingerprint density at radius 1 is 1.13 bits per heavy atom. The molecule has 176 valence electrons. The summed E-state index contributed by atoms with van der Waals surface area (Å²) in [5.41, 5.74) is 1.10. The number of nitrogens with zero attached hydrogens (tertiary/aromatic N) is 5. The van der Waals surface area contributed by atoms with Crippen LogP contribution in [0.3, 0.4) is 0 Å². The van der Waals surface area contributed by atoms with Gasteiger partial charge in [0.1, 0.15) is 5.01 Å². The van der Waals surface area contributed by atoms with Crippen LogP contribution in [0.15, 0.2) is 4.99 Å². The van der Waals surface area contributed by atoms with E-state index in [0.717, 1.165) is 62.5 Å². The highest BCUT2D eigenvalue weighted by molar-refractivity contribution is 14.0. The molecular weight excluding hydrogens is 523 g/mol. The molecule has 2 fully saturated rings. The second-order valence-corrected chi connectivity index (χ2v) is 10.2. The second kappa shape index (κ2) is 12.3. The van der Waals surface area contributed by atoms with Crippen LogP contribution in [0.5, 0.6) is 0 Å². The van der Waals surface area contributed by atoms with Gasteiger partial charge in [-0.2, -0.15) is 0 Å². The number of piperidine rings is 1. The number of piperazine rings is 1. The van der Waals surface area contributed by atoms with Gasteiger partial charge in [0.05, 0.1) is 18.8 Å². The first-order chi connectivity index (χ1) is 14.4. The van der Waals surface area contributed by atoms with Gasteiger partial charge >= 0.3 is 0 Å². The number of aryl methyl sites for hydroxylation is 2. The van der Waals surface area contributed by atoms with Gasteiger partial charge in [-0.1, -0.05) is 13.8 Å². The third-order valence-electron chi connectivity index (χ3n) is 6.02. The number of hydrogen-bond acceptors (Lipinski definition) is 5. The van der Waals surface area contributed by atoms with Gasteiger partial charge in [-0.3, -0.25) is 9.69 Å². The van der Waals surface area contributed by atoms with E-state index >= 15 is 0 Å². The average Bonchev–Trinajstić information content (AvgIpc) is 3.02. The van der Waals surface area contributed by atoms with Crippen LogP contribution in [-0.2, 0) is 11.3 Å². The Hall–Kier alpha value is -0.940. The molecule has 0 aromatic carbocycles. The van der Waals surface area contributed by atoms with Gasteiger partial charge in [-0.05, 0) is 39.0 Å². The fourth-order valence-electron chi connectivity index (χ4n) is 4.45. The maximum absolute atomic E-state index is 12.8. The molecule has 9 heteroatoms. The molecule has 2 saturated heterocycles. The molecule has 3 heterocycles. The molecule has 2 unspecified atom stereocenters. The normalized spacial score (nSPS) is 22.9. The minimum atomic E-state index is 0. The largest absolute Gasteiger partial charge is 0.357 e. The topological polar surface area (TPSA) is 64.1 Å². The first-order valence-corrected chi connectivity index (χ1v) is 12.1. The third kappa shape index (κ3) is 7.56. The van der Waals surface area contributed by atoms with E-state index in [1.165, 1.54) is 11.3 Å². The van der Waals surface area contributed by atoms with E-state index in [1.54, 1.807) is 11.3 Å². The minimum Gasteiger partial charge on any atom is -0.357 e. The van der Waals surface area contributed by atoms with E-state index in [2.05, 4.69) is 59.6 Å². The van der Waals surface area contributed by atoms with Gasteiger partial charge in [0, 0.05) is 50.7 Å². The molecule has 3 rings (SSSR count). The van der Waals surface area contributed by atoms with Crippen molar-refractivity contribution in [1.29, 1.82) is 0 Å². The number of guanidine groups is 1. The first-order valence-electron chi connectivity index (χ1n) is 11.3. The zero-order valence-corrected chi connectivity index (χ0v) is 22.8. The van der Waals surface area contributed by atoms with Crippen molar-refractivity contribution in [3.8, 4) is 0 Å². The van der Waals surface area contributed by atoms with E-state index in [-0.39, 0.29) is 29.9 Å². The molecule has 1 amide bonds. The van der Waals surface area contributed by atoms with Crippen molar-refractivity contribution in [3.05, 3.63) is 15.6 Å². The van der Waals surface area contributed by atoms with Crippen molar-refractivity contribution in [2.75, 3.05) is 52.4 Å². The Bertz CT molecular complexity index is 717. The van der Waals surface area contributed by atoms with Crippen LogP contribution in [0, 0.1) is 25.7 Å². The fraction of sp³-hybridized carbons (Fsp3) is 0.773. The minimum absolute atomic E-state index is 0. The molecule has 0 spiro atoms.